The fourth-order valence-electron chi connectivity index (χ4n) is 0.918. The van der Waals surface area contributed by atoms with Crippen LogP contribution < -0.4 is 5.32 Å². The Hall–Kier alpha value is -1.30. The maximum absolute atomic E-state index is 8.49. The minimum atomic E-state index is 0.135. The number of hydrogen-bond donors (Lipinski definition) is 1. The molecule has 0 saturated heterocycles. The van der Waals surface area contributed by atoms with Crippen molar-refractivity contribution >= 4 is 5.84 Å². The van der Waals surface area contributed by atoms with Crippen molar-refractivity contribution in [3.05, 3.63) is 11.8 Å². The van der Waals surface area contributed by atoms with Gasteiger partial charge in [0.1, 0.15) is 11.8 Å². The van der Waals surface area contributed by atoms with Gasteiger partial charge in [0.15, 0.2) is 0 Å². The topological polar surface area (TPSA) is 48.2 Å². The van der Waals surface area contributed by atoms with Crippen molar-refractivity contribution in [2.75, 3.05) is 0 Å². The molecule has 1 aliphatic heterocycles. The predicted molar refractivity (Wildman–Crippen MR) is 39.4 cm³/mol. The predicted octanol–water partition coefficient (Wildman–Crippen LogP) is 0.804. The van der Waals surface area contributed by atoms with Crippen LogP contribution in [0.15, 0.2) is 16.8 Å². The molecule has 0 aromatic heterocycles. The lowest BCUT2D eigenvalue weighted by molar-refractivity contribution is 0.866. The van der Waals surface area contributed by atoms with Gasteiger partial charge in [0, 0.05) is 0 Å². The average Bonchev–Trinajstić information content (AvgIpc) is 1.85. The second-order valence-electron chi connectivity index (χ2n) is 2.27. The number of nitriles is 1. The smallest absolute Gasteiger partial charge is 0.117 e. The Balaban J connectivity index is 2.77. The van der Waals surface area contributed by atoms with Crippen LogP contribution >= 0.6 is 0 Å². The highest BCUT2D eigenvalue weighted by molar-refractivity contribution is 5.83. The zero-order valence-corrected chi connectivity index (χ0v) is 6.05. The molecule has 0 aromatic carbocycles. The van der Waals surface area contributed by atoms with Gasteiger partial charge < -0.3 is 5.32 Å². The third kappa shape index (κ3) is 1.35. The Labute approximate surface area is 60.1 Å². The molecule has 0 amide bonds. The third-order valence-electron chi connectivity index (χ3n) is 1.24. The number of allylic oxidation sites excluding steroid dienone is 1. The van der Waals surface area contributed by atoms with Gasteiger partial charge in [-0.1, -0.05) is 0 Å². The number of nitrogens with zero attached hydrogens (tertiary/aromatic N) is 2. The maximum atomic E-state index is 8.49. The van der Waals surface area contributed by atoms with E-state index in [0.29, 0.717) is 5.70 Å². The molecule has 0 spiro atoms. The van der Waals surface area contributed by atoms with E-state index in [1.165, 1.54) is 0 Å². The quantitative estimate of drug-likeness (QED) is 0.534. The molecule has 1 unspecified atom stereocenters. The van der Waals surface area contributed by atoms with E-state index in [4.69, 9.17) is 5.26 Å². The summed E-state index contributed by atoms with van der Waals surface area (Å²) in [6, 6.07) is 2.17. The van der Waals surface area contributed by atoms with Crippen LogP contribution in [0.25, 0.3) is 0 Å². The van der Waals surface area contributed by atoms with E-state index in [-0.39, 0.29) is 6.04 Å². The molecule has 52 valence electrons. The first kappa shape index (κ1) is 6.81. The van der Waals surface area contributed by atoms with Gasteiger partial charge in [0.2, 0.25) is 0 Å². The molecule has 1 atom stereocenters. The third-order valence-corrected chi connectivity index (χ3v) is 1.24. The zero-order valence-electron chi connectivity index (χ0n) is 6.05. The lowest BCUT2D eigenvalue weighted by Gasteiger charge is -2.12. The van der Waals surface area contributed by atoms with Gasteiger partial charge in [-0.3, -0.25) is 4.99 Å². The summed E-state index contributed by atoms with van der Waals surface area (Å²) in [5.74, 6) is 0.812. The molecule has 3 nitrogen and oxygen atoms in total. The first-order chi connectivity index (χ1) is 4.72. The highest BCUT2D eigenvalue weighted by Crippen LogP contribution is 2.02. The monoisotopic (exact) mass is 135 g/mol. The second-order valence-corrected chi connectivity index (χ2v) is 2.27. The molecular formula is C7H9N3. The Morgan fingerprint density at radius 2 is 2.50 bits per heavy atom. The van der Waals surface area contributed by atoms with E-state index in [2.05, 4.69) is 10.3 Å². The molecule has 0 aromatic rings. The lowest BCUT2D eigenvalue weighted by Crippen LogP contribution is -2.25. The molecule has 1 heterocycles. The summed E-state index contributed by atoms with van der Waals surface area (Å²) in [5.41, 5.74) is 0.597. The van der Waals surface area contributed by atoms with Crippen LogP contribution in [0.2, 0.25) is 0 Å². The molecular weight excluding hydrogens is 126 g/mol. The van der Waals surface area contributed by atoms with Crippen molar-refractivity contribution < 1.29 is 0 Å². The molecule has 0 fully saturated rings. The van der Waals surface area contributed by atoms with Gasteiger partial charge in [-0.15, -0.1) is 0 Å². The molecule has 1 N–H and O–H groups in total. The number of rotatable bonds is 0. The Morgan fingerprint density at radius 3 is 3.00 bits per heavy atom. The molecule has 1 rings (SSSR count). The Kier molecular flexibility index (Phi) is 1.72. The summed E-state index contributed by atoms with van der Waals surface area (Å²) < 4.78 is 0. The van der Waals surface area contributed by atoms with Crippen LogP contribution in [0.3, 0.4) is 0 Å². The zero-order chi connectivity index (χ0) is 7.56. The van der Waals surface area contributed by atoms with Gasteiger partial charge in [-0.05, 0) is 19.9 Å². The molecule has 0 aliphatic carbocycles. The fourth-order valence-corrected chi connectivity index (χ4v) is 0.918. The molecule has 0 bridgehead atoms. The molecule has 1 aliphatic rings. The summed E-state index contributed by atoms with van der Waals surface area (Å²) in [7, 11) is 0. The van der Waals surface area contributed by atoms with E-state index in [9.17, 15) is 0 Å². The van der Waals surface area contributed by atoms with Crippen molar-refractivity contribution in [3.63, 3.8) is 0 Å². The Morgan fingerprint density at radius 1 is 1.80 bits per heavy atom. The minimum absolute atomic E-state index is 0.135. The number of hydrogen-bond acceptors (Lipinski definition) is 3. The molecule has 3 heteroatoms. The van der Waals surface area contributed by atoms with Gasteiger partial charge in [-0.25, -0.2) is 0 Å². The van der Waals surface area contributed by atoms with Crippen molar-refractivity contribution in [2.45, 2.75) is 19.9 Å². The number of aliphatic imine (C=N–C) groups is 1. The van der Waals surface area contributed by atoms with E-state index < -0.39 is 0 Å². The van der Waals surface area contributed by atoms with Crippen molar-refractivity contribution in [1.82, 2.24) is 5.32 Å². The second kappa shape index (κ2) is 2.53. The van der Waals surface area contributed by atoms with Crippen molar-refractivity contribution in [2.24, 2.45) is 4.99 Å². The minimum Gasteiger partial charge on any atom is -0.336 e. The Bertz CT molecular complexity index is 232. The van der Waals surface area contributed by atoms with Crippen LogP contribution in [0, 0.1) is 11.3 Å². The van der Waals surface area contributed by atoms with Gasteiger partial charge in [0.25, 0.3) is 0 Å². The van der Waals surface area contributed by atoms with E-state index in [1.807, 2.05) is 19.9 Å². The highest BCUT2D eigenvalue weighted by Gasteiger charge is 2.06. The lowest BCUT2D eigenvalue weighted by atomic mass is 10.2. The summed E-state index contributed by atoms with van der Waals surface area (Å²) in [6.45, 7) is 3.79. The number of amidine groups is 1. The normalized spacial score (nSPS) is 23.9. The maximum Gasteiger partial charge on any atom is 0.117 e. The van der Waals surface area contributed by atoms with Crippen LogP contribution in [0.4, 0.5) is 0 Å². The summed E-state index contributed by atoms with van der Waals surface area (Å²) in [5, 5.41) is 11.3. The van der Waals surface area contributed by atoms with Crippen LogP contribution in [-0.4, -0.2) is 11.9 Å². The largest absolute Gasteiger partial charge is 0.336 e. The van der Waals surface area contributed by atoms with E-state index >= 15 is 0 Å². The molecule has 10 heavy (non-hydrogen) atoms. The van der Waals surface area contributed by atoms with Crippen molar-refractivity contribution in [1.29, 1.82) is 5.26 Å². The first-order valence-electron chi connectivity index (χ1n) is 3.15. The summed E-state index contributed by atoms with van der Waals surface area (Å²) >= 11 is 0. The van der Waals surface area contributed by atoms with E-state index in [1.54, 1.807) is 6.08 Å². The van der Waals surface area contributed by atoms with E-state index in [0.717, 1.165) is 5.84 Å². The van der Waals surface area contributed by atoms with Crippen LogP contribution in [0.5, 0.6) is 0 Å². The van der Waals surface area contributed by atoms with Gasteiger partial charge in [0.05, 0.1) is 11.9 Å². The fraction of sp³-hybridized carbons (Fsp3) is 0.429. The first-order valence-corrected chi connectivity index (χ1v) is 3.15. The van der Waals surface area contributed by atoms with Crippen LogP contribution in [-0.2, 0) is 0 Å². The molecule has 0 saturated carbocycles. The summed E-state index contributed by atoms with van der Waals surface area (Å²) in [6.07, 6.45) is 1.80. The standard InChI is InChI=1S/C7H9N3/c1-5-3-7(4-8)10-6(2)9-5/h3,5H,1-2H3,(H,9,10). The SMILES string of the molecule is CC1=NC(C)C=C(C#N)N1. The molecule has 0 radical (unpaired) electrons. The summed E-state index contributed by atoms with van der Waals surface area (Å²) in [4.78, 5) is 4.16. The van der Waals surface area contributed by atoms with Gasteiger partial charge >= 0.3 is 0 Å². The number of nitrogens with one attached hydrogen (secondary N) is 1. The van der Waals surface area contributed by atoms with Crippen LogP contribution in [0.1, 0.15) is 13.8 Å². The highest BCUT2D eigenvalue weighted by atomic mass is 15.0. The van der Waals surface area contributed by atoms with Crippen molar-refractivity contribution in [3.8, 4) is 6.07 Å². The average molecular weight is 135 g/mol. The van der Waals surface area contributed by atoms with Gasteiger partial charge in [-0.2, -0.15) is 5.26 Å².